The smallest absolute Gasteiger partial charge is 0.317 e. The van der Waals surface area contributed by atoms with Crippen LogP contribution in [0, 0.1) is 5.92 Å². The highest BCUT2D eigenvalue weighted by Gasteiger charge is 2.34. The van der Waals surface area contributed by atoms with Crippen LogP contribution in [0.3, 0.4) is 0 Å². The molecule has 1 atom stereocenters. The number of nitrogens with one attached hydrogen (secondary N) is 1. The Balaban J connectivity index is 1.92. The Bertz CT molecular complexity index is 177. The average molecular weight is 154 g/mol. The molecular formula is C8H14N2O. The van der Waals surface area contributed by atoms with Crippen LogP contribution in [0.2, 0.25) is 0 Å². The average Bonchev–Trinajstić information content (AvgIpc) is 2.08. The minimum atomic E-state index is 0.0990. The fraction of sp³-hybridized carbons (Fsp3) is 0.875. The minimum Gasteiger partial charge on any atom is -0.333 e. The van der Waals surface area contributed by atoms with Crippen molar-refractivity contribution in [1.82, 2.24) is 10.2 Å². The van der Waals surface area contributed by atoms with Crippen molar-refractivity contribution in [2.75, 3.05) is 13.6 Å². The summed E-state index contributed by atoms with van der Waals surface area (Å²) in [6, 6.07) is 0.545. The third-order valence-electron chi connectivity index (χ3n) is 2.84. The van der Waals surface area contributed by atoms with Crippen LogP contribution in [0.4, 0.5) is 4.79 Å². The summed E-state index contributed by atoms with van der Waals surface area (Å²) in [4.78, 5) is 12.8. The predicted octanol–water partition coefficient (Wildman–Crippen LogP) is 0.810. The Morgan fingerprint density at radius 1 is 1.55 bits per heavy atom. The molecule has 1 unspecified atom stereocenters. The maximum absolute atomic E-state index is 11.0. The van der Waals surface area contributed by atoms with Crippen LogP contribution < -0.4 is 5.32 Å². The van der Waals surface area contributed by atoms with Crippen molar-refractivity contribution in [2.45, 2.75) is 25.3 Å². The molecule has 0 radical (unpaired) electrons. The van der Waals surface area contributed by atoms with Gasteiger partial charge in [-0.05, 0) is 18.8 Å². The van der Waals surface area contributed by atoms with Crippen LogP contribution in [0.1, 0.15) is 19.3 Å². The summed E-state index contributed by atoms with van der Waals surface area (Å²) in [6.45, 7) is 0.906. The Morgan fingerprint density at radius 2 is 2.27 bits per heavy atom. The van der Waals surface area contributed by atoms with Gasteiger partial charge >= 0.3 is 6.03 Å². The van der Waals surface area contributed by atoms with Crippen LogP contribution >= 0.6 is 0 Å². The molecule has 1 aliphatic heterocycles. The van der Waals surface area contributed by atoms with E-state index in [1.165, 1.54) is 19.3 Å². The number of amides is 2. The van der Waals surface area contributed by atoms with Crippen molar-refractivity contribution in [1.29, 1.82) is 0 Å². The standard InChI is InChI=1S/C8H14N2O/c1-10-5-7(9-8(10)11)6-3-2-4-6/h6-7H,2-5H2,1H3,(H,9,11). The van der Waals surface area contributed by atoms with Gasteiger partial charge in [0.05, 0.1) is 6.04 Å². The number of carbonyl (C=O) groups excluding carboxylic acids is 1. The lowest BCUT2D eigenvalue weighted by Crippen LogP contribution is -2.37. The first-order valence-corrected chi connectivity index (χ1v) is 4.29. The molecule has 0 spiro atoms. The van der Waals surface area contributed by atoms with Crippen LogP contribution in [-0.2, 0) is 0 Å². The van der Waals surface area contributed by atoms with Gasteiger partial charge in [0.15, 0.2) is 0 Å². The molecule has 2 aliphatic rings. The molecule has 0 aromatic heterocycles. The van der Waals surface area contributed by atoms with Gasteiger partial charge < -0.3 is 10.2 Å². The fourth-order valence-corrected chi connectivity index (χ4v) is 1.80. The Kier molecular flexibility index (Phi) is 1.51. The van der Waals surface area contributed by atoms with Gasteiger partial charge in [0.25, 0.3) is 0 Å². The summed E-state index contributed by atoms with van der Waals surface area (Å²) in [5.74, 6) is 0.767. The Labute approximate surface area is 66.8 Å². The second-order valence-corrected chi connectivity index (χ2v) is 3.63. The SMILES string of the molecule is CN1CC(C2CCC2)NC1=O. The number of nitrogens with zero attached hydrogens (tertiary/aromatic N) is 1. The van der Waals surface area contributed by atoms with E-state index >= 15 is 0 Å². The summed E-state index contributed by atoms with van der Waals surface area (Å²) < 4.78 is 0. The third-order valence-corrected chi connectivity index (χ3v) is 2.84. The van der Waals surface area contributed by atoms with E-state index in [9.17, 15) is 4.79 Å². The molecule has 1 saturated heterocycles. The molecule has 1 N–H and O–H groups in total. The first kappa shape index (κ1) is 6.95. The van der Waals surface area contributed by atoms with E-state index in [1.807, 2.05) is 7.05 Å². The summed E-state index contributed by atoms with van der Waals surface area (Å²) in [7, 11) is 1.86. The molecule has 0 bridgehead atoms. The number of hydrogen-bond acceptors (Lipinski definition) is 1. The fourth-order valence-electron chi connectivity index (χ4n) is 1.80. The van der Waals surface area contributed by atoms with Crippen molar-refractivity contribution in [2.24, 2.45) is 5.92 Å². The summed E-state index contributed by atoms with van der Waals surface area (Å²) >= 11 is 0. The molecule has 62 valence electrons. The van der Waals surface area contributed by atoms with Gasteiger partial charge in [0.1, 0.15) is 0 Å². The molecular weight excluding hydrogens is 140 g/mol. The zero-order valence-electron chi connectivity index (χ0n) is 6.84. The zero-order valence-corrected chi connectivity index (χ0v) is 6.84. The highest BCUT2D eigenvalue weighted by atomic mass is 16.2. The molecule has 2 rings (SSSR count). The molecule has 0 aromatic rings. The van der Waals surface area contributed by atoms with Crippen LogP contribution in [0.15, 0.2) is 0 Å². The first-order valence-electron chi connectivity index (χ1n) is 4.29. The van der Waals surface area contributed by atoms with Gasteiger partial charge in [-0.15, -0.1) is 0 Å². The molecule has 11 heavy (non-hydrogen) atoms. The Hall–Kier alpha value is -0.730. The minimum absolute atomic E-state index is 0.0990. The van der Waals surface area contributed by atoms with E-state index in [0.29, 0.717) is 6.04 Å². The van der Waals surface area contributed by atoms with Gasteiger partial charge in [-0.1, -0.05) is 6.42 Å². The van der Waals surface area contributed by atoms with E-state index in [2.05, 4.69) is 5.32 Å². The zero-order chi connectivity index (χ0) is 7.84. The maximum Gasteiger partial charge on any atom is 0.317 e. The summed E-state index contributed by atoms with van der Waals surface area (Å²) in [6.07, 6.45) is 3.96. The van der Waals surface area contributed by atoms with Crippen molar-refractivity contribution >= 4 is 6.03 Å². The van der Waals surface area contributed by atoms with Gasteiger partial charge in [-0.3, -0.25) is 0 Å². The predicted molar refractivity (Wildman–Crippen MR) is 42.3 cm³/mol. The van der Waals surface area contributed by atoms with Crippen LogP contribution in [0.25, 0.3) is 0 Å². The summed E-state index contributed by atoms with van der Waals surface area (Å²) in [5, 5.41) is 2.99. The first-order chi connectivity index (χ1) is 5.27. The topological polar surface area (TPSA) is 32.3 Å². The number of hydrogen-bond donors (Lipinski definition) is 1. The van der Waals surface area contributed by atoms with E-state index in [0.717, 1.165) is 12.5 Å². The van der Waals surface area contributed by atoms with Gasteiger partial charge in [0, 0.05) is 13.6 Å². The molecule has 2 amide bonds. The van der Waals surface area contributed by atoms with E-state index in [-0.39, 0.29) is 6.03 Å². The number of likely N-dealkylation sites (N-methyl/N-ethyl adjacent to an activating group) is 1. The largest absolute Gasteiger partial charge is 0.333 e. The highest BCUT2D eigenvalue weighted by Crippen LogP contribution is 2.31. The molecule has 0 aromatic carbocycles. The molecule has 1 saturated carbocycles. The quantitative estimate of drug-likeness (QED) is 0.595. The van der Waals surface area contributed by atoms with Crippen LogP contribution in [-0.4, -0.2) is 30.6 Å². The third kappa shape index (κ3) is 1.08. The maximum atomic E-state index is 11.0. The molecule has 2 fully saturated rings. The molecule has 1 aliphatic carbocycles. The van der Waals surface area contributed by atoms with Crippen LogP contribution in [0.5, 0.6) is 0 Å². The van der Waals surface area contributed by atoms with E-state index < -0.39 is 0 Å². The molecule has 3 heteroatoms. The number of rotatable bonds is 1. The second-order valence-electron chi connectivity index (χ2n) is 3.63. The lowest BCUT2D eigenvalue weighted by Gasteiger charge is -2.30. The number of urea groups is 1. The van der Waals surface area contributed by atoms with E-state index in [1.54, 1.807) is 4.90 Å². The van der Waals surface area contributed by atoms with E-state index in [4.69, 9.17) is 0 Å². The molecule has 1 heterocycles. The Morgan fingerprint density at radius 3 is 2.64 bits per heavy atom. The molecule has 3 nitrogen and oxygen atoms in total. The van der Waals surface area contributed by atoms with Crippen molar-refractivity contribution in [3.8, 4) is 0 Å². The second kappa shape index (κ2) is 2.40. The normalized spacial score (nSPS) is 31.9. The van der Waals surface area contributed by atoms with Gasteiger partial charge in [0.2, 0.25) is 0 Å². The van der Waals surface area contributed by atoms with Crippen molar-refractivity contribution in [3.63, 3.8) is 0 Å². The lowest BCUT2D eigenvalue weighted by molar-refractivity contribution is 0.225. The summed E-state index contributed by atoms with van der Waals surface area (Å²) in [5.41, 5.74) is 0. The monoisotopic (exact) mass is 154 g/mol. The van der Waals surface area contributed by atoms with Gasteiger partial charge in [-0.25, -0.2) is 4.79 Å². The highest BCUT2D eigenvalue weighted by molar-refractivity contribution is 5.76. The van der Waals surface area contributed by atoms with Crippen molar-refractivity contribution < 1.29 is 4.79 Å². The van der Waals surface area contributed by atoms with Gasteiger partial charge in [-0.2, -0.15) is 0 Å². The lowest BCUT2D eigenvalue weighted by atomic mass is 9.80. The van der Waals surface area contributed by atoms with Crippen molar-refractivity contribution in [3.05, 3.63) is 0 Å². The number of carbonyl (C=O) groups is 1.